The highest BCUT2D eigenvalue weighted by Gasteiger charge is 2.05. The fourth-order valence-electron chi connectivity index (χ4n) is 1.28. The number of alkyl halides is 1. The van der Waals surface area contributed by atoms with Crippen LogP contribution in [0.4, 0.5) is 5.69 Å². The van der Waals surface area contributed by atoms with Gasteiger partial charge >= 0.3 is 0 Å². The van der Waals surface area contributed by atoms with Crippen molar-refractivity contribution < 1.29 is 9.59 Å². The quantitative estimate of drug-likeness (QED) is 0.558. The topological polar surface area (TPSA) is 90.0 Å². The van der Waals surface area contributed by atoms with Crippen LogP contribution < -0.4 is 11.1 Å². The van der Waals surface area contributed by atoms with Crippen LogP contribution in [-0.4, -0.2) is 27.5 Å². The Morgan fingerprint density at radius 2 is 2.24 bits per heavy atom. The molecule has 7 heteroatoms. The van der Waals surface area contributed by atoms with Gasteiger partial charge in [-0.25, -0.2) is 0 Å². The van der Waals surface area contributed by atoms with Crippen LogP contribution in [0.5, 0.6) is 0 Å². The van der Waals surface area contributed by atoms with Gasteiger partial charge in [0, 0.05) is 18.5 Å². The molecule has 0 radical (unpaired) electrons. The lowest BCUT2D eigenvalue weighted by Gasteiger charge is -2.01. The molecular formula is C10H15ClN4O2. The summed E-state index contributed by atoms with van der Waals surface area (Å²) in [6.07, 6.45) is 5.03. The highest BCUT2D eigenvalue weighted by Crippen LogP contribution is 2.06. The number of hydrogen-bond donors (Lipinski definition) is 2. The highest BCUT2D eigenvalue weighted by atomic mass is 35.5. The molecule has 0 aliphatic heterocycles. The fourth-order valence-corrected chi connectivity index (χ4v) is 1.47. The van der Waals surface area contributed by atoms with E-state index in [0.717, 1.165) is 12.8 Å². The van der Waals surface area contributed by atoms with Gasteiger partial charge in [0.05, 0.1) is 11.9 Å². The summed E-state index contributed by atoms with van der Waals surface area (Å²) in [5, 5.41) is 6.56. The maximum absolute atomic E-state index is 11.4. The third kappa shape index (κ3) is 5.35. The molecule has 17 heavy (non-hydrogen) atoms. The van der Waals surface area contributed by atoms with E-state index in [1.54, 1.807) is 6.20 Å². The number of hydrogen-bond acceptors (Lipinski definition) is 3. The molecule has 94 valence electrons. The Hall–Kier alpha value is -1.56. The third-order valence-electron chi connectivity index (χ3n) is 2.02. The number of unbranched alkanes of at least 4 members (excludes halogenated alkanes) is 1. The zero-order valence-corrected chi connectivity index (χ0v) is 10.1. The number of halogens is 1. The molecule has 6 nitrogen and oxygen atoms in total. The van der Waals surface area contributed by atoms with Crippen LogP contribution in [0, 0.1) is 0 Å². The van der Waals surface area contributed by atoms with Crippen molar-refractivity contribution in [3.8, 4) is 0 Å². The molecule has 1 rings (SSSR count). The molecule has 1 heterocycles. The van der Waals surface area contributed by atoms with Crippen molar-refractivity contribution in [3.05, 3.63) is 12.4 Å². The van der Waals surface area contributed by atoms with E-state index in [1.807, 2.05) is 0 Å². The van der Waals surface area contributed by atoms with Crippen LogP contribution in [0.1, 0.15) is 19.3 Å². The number of rotatable bonds is 7. The van der Waals surface area contributed by atoms with Crippen molar-refractivity contribution in [2.75, 3.05) is 11.2 Å². The standard InChI is InChI=1S/C10H15ClN4O2/c11-4-2-1-3-10(17)14-8-5-13-15(6-8)7-9(12)16/h5-6H,1-4,7H2,(H2,12,16)(H,14,17). The van der Waals surface area contributed by atoms with E-state index < -0.39 is 5.91 Å². The van der Waals surface area contributed by atoms with E-state index in [0.29, 0.717) is 18.0 Å². The first-order valence-electron chi connectivity index (χ1n) is 5.28. The first kappa shape index (κ1) is 13.5. The minimum absolute atomic E-state index is 0.00210. The molecule has 0 atom stereocenters. The molecule has 0 saturated carbocycles. The van der Waals surface area contributed by atoms with Gasteiger partial charge in [0.25, 0.3) is 0 Å². The van der Waals surface area contributed by atoms with Crippen molar-refractivity contribution in [1.29, 1.82) is 0 Å². The molecule has 0 fully saturated rings. The second kappa shape index (κ2) is 6.90. The number of amides is 2. The smallest absolute Gasteiger partial charge is 0.239 e. The van der Waals surface area contributed by atoms with Crippen LogP contribution in [-0.2, 0) is 16.1 Å². The Bertz CT molecular complexity index is 391. The molecule has 2 amide bonds. The molecule has 0 bridgehead atoms. The number of anilines is 1. The zero-order valence-electron chi connectivity index (χ0n) is 9.36. The Balaban J connectivity index is 2.38. The lowest BCUT2D eigenvalue weighted by Crippen LogP contribution is -2.18. The van der Waals surface area contributed by atoms with Crippen LogP contribution in [0.15, 0.2) is 12.4 Å². The first-order valence-corrected chi connectivity index (χ1v) is 5.82. The predicted molar refractivity (Wildman–Crippen MR) is 64.6 cm³/mol. The zero-order chi connectivity index (χ0) is 12.7. The summed E-state index contributed by atoms with van der Waals surface area (Å²) in [4.78, 5) is 22.1. The molecule has 0 aromatic carbocycles. The Kier molecular flexibility index (Phi) is 5.48. The maximum Gasteiger partial charge on any atom is 0.239 e. The molecule has 1 aromatic heterocycles. The minimum atomic E-state index is -0.479. The van der Waals surface area contributed by atoms with Crippen molar-refractivity contribution in [3.63, 3.8) is 0 Å². The summed E-state index contributed by atoms with van der Waals surface area (Å²) >= 11 is 5.51. The lowest BCUT2D eigenvalue weighted by molar-refractivity contribution is -0.118. The Morgan fingerprint density at radius 1 is 1.47 bits per heavy atom. The lowest BCUT2D eigenvalue weighted by atomic mass is 10.2. The highest BCUT2D eigenvalue weighted by molar-refractivity contribution is 6.17. The number of primary amides is 1. The van der Waals surface area contributed by atoms with Crippen LogP contribution in [0.3, 0.4) is 0 Å². The summed E-state index contributed by atoms with van der Waals surface area (Å²) in [6.45, 7) is 0.00210. The number of carbonyl (C=O) groups is 2. The van der Waals surface area contributed by atoms with E-state index in [2.05, 4.69) is 10.4 Å². The minimum Gasteiger partial charge on any atom is -0.368 e. The fraction of sp³-hybridized carbons (Fsp3) is 0.500. The van der Waals surface area contributed by atoms with Gasteiger partial charge in [0.1, 0.15) is 6.54 Å². The van der Waals surface area contributed by atoms with E-state index >= 15 is 0 Å². The molecule has 0 spiro atoms. The van der Waals surface area contributed by atoms with Crippen LogP contribution >= 0.6 is 11.6 Å². The van der Waals surface area contributed by atoms with Gasteiger partial charge in [-0.05, 0) is 12.8 Å². The number of carbonyl (C=O) groups excluding carboxylic acids is 2. The van der Waals surface area contributed by atoms with Gasteiger partial charge in [-0.1, -0.05) is 0 Å². The molecular weight excluding hydrogens is 244 g/mol. The summed E-state index contributed by atoms with van der Waals surface area (Å²) in [5.74, 6) is -0.00840. The van der Waals surface area contributed by atoms with E-state index in [9.17, 15) is 9.59 Å². The second-order valence-corrected chi connectivity index (χ2v) is 3.97. The van der Waals surface area contributed by atoms with E-state index in [-0.39, 0.29) is 12.5 Å². The third-order valence-corrected chi connectivity index (χ3v) is 2.29. The van der Waals surface area contributed by atoms with E-state index in [1.165, 1.54) is 10.9 Å². The SMILES string of the molecule is NC(=O)Cn1cc(NC(=O)CCCCCl)cn1. The summed E-state index contributed by atoms with van der Waals surface area (Å²) in [5.41, 5.74) is 5.57. The van der Waals surface area contributed by atoms with Crippen molar-refractivity contribution in [2.45, 2.75) is 25.8 Å². The first-order chi connectivity index (χ1) is 8.11. The van der Waals surface area contributed by atoms with Crippen molar-refractivity contribution in [1.82, 2.24) is 9.78 Å². The van der Waals surface area contributed by atoms with E-state index in [4.69, 9.17) is 17.3 Å². The van der Waals surface area contributed by atoms with Gasteiger partial charge in [-0.15, -0.1) is 11.6 Å². The van der Waals surface area contributed by atoms with Crippen molar-refractivity contribution >= 4 is 29.1 Å². The normalized spacial score (nSPS) is 10.2. The molecule has 0 aliphatic rings. The van der Waals surface area contributed by atoms with Gasteiger partial charge < -0.3 is 11.1 Å². The van der Waals surface area contributed by atoms with Gasteiger partial charge in [-0.3, -0.25) is 14.3 Å². The molecule has 1 aromatic rings. The number of aromatic nitrogens is 2. The van der Waals surface area contributed by atoms with Gasteiger partial charge in [0.2, 0.25) is 11.8 Å². The second-order valence-electron chi connectivity index (χ2n) is 3.59. The average Bonchev–Trinajstić information content (AvgIpc) is 2.64. The largest absolute Gasteiger partial charge is 0.368 e. The van der Waals surface area contributed by atoms with Crippen LogP contribution in [0.2, 0.25) is 0 Å². The predicted octanol–water partition coefficient (Wildman–Crippen LogP) is 0.716. The number of nitrogens with zero attached hydrogens (tertiary/aromatic N) is 2. The molecule has 3 N–H and O–H groups in total. The maximum atomic E-state index is 11.4. The summed E-state index contributed by atoms with van der Waals surface area (Å²) in [7, 11) is 0. The average molecular weight is 259 g/mol. The Labute approximate surface area is 104 Å². The van der Waals surface area contributed by atoms with Gasteiger partial charge in [-0.2, -0.15) is 5.10 Å². The summed E-state index contributed by atoms with van der Waals surface area (Å²) in [6, 6.07) is 0. The molecule has 0 saturated heterocycles. The number of nitrogens with two attached hydrogens (primary N) is 1. The van der Waals surface area contributed by atoms with Gasteiger partial charge in [0.15, 0.2) is 0 Å². The number of nitrogens with one attached hydrogen (secondary N) is 1. The van der Waals surface area contributed by atoms with Crippen LogP contribution in [0.25, 0.3) is 0 Å². The van der Waals surface area contributed by atoms with Crippen molar-refractivity contribution in [2.24, 2.45) is 5.73 Å². The Morgan fingerprint density at radius 3 is 2.88 bits per heavy atom. The monoisotopic (exact) mass is 258 g/mol. The molecule has 0 unspecified atom stereocenters. The summed E-state index contributed by atoms with van der Waals surface area (Å²) < 4.78 is 1.37. The molecule has 0 aliphatic carbocycles.